The Hall–Kier alpha value is -2.35. The molecule has 0 aliphatic carbocycles. The molecule has 0 spiro atoms. The fourth-order valence-corrected chi connectivity index (χ4v) is 5.61. The first-order chi connectivity index (χ1) is 22.7. The quantitative estimate of drug-likeness (QED) is 0.0427. The van der Waals surface area contributed by atoms with E-state index in [2.05, 4.69) is 98.9 Å². The Bertz CT molecular complexity index is 840. The Labute approximate surface area is 287 Å². The predicted octanol–water partition coefficient (Wildman–Crippen LogP) is 14.2. The topological polar surface area (TPSA) is 43.1 Å². The molecule has 1 amide bonds. The summed E-state index contributed by atoms with van der Waals surface area (Å²) >= 11 is 0. The van der Waals surface area contributed by atoms with Gasteiger partial charge in [0.15, 0.2) is 0 Å². The van der Waals surface area contributed by atoms with Gasteiger partial charge in [-0.25, -0.2) is 0 Å². The number of amides is 1. The van der Waals surface area contributed by atoms with Crippen molar-refractivity contribution < 1.29 is 4.79 Å². The molecule has 0 fully saturated rings. The molecule has 1 atom stereocenters. The smallest absolute Gasteiger partial charge is 0.220 e. The highest BCUT2D eigenvalue weighted by Gasteiger charge is 2.13. The summed E-state index contributed by atoms with van der Waals surface area (Å²) in [5, 5.41) is 0. The lowest BCUT2D eigenvalue weighted by Gasteiger charge is -2.11. The van der Waals surface area contributed by atoms with E-state index in [0.717, 1.165) is 25.7 Å². The second-order valence-electron chi connectivity index (χ2n) is 13.1. The standard InChI is InChI=1S/C44H75NO/c1-3-5-7-9-10-11-12-13-14-15-16-17-18-19-20-21-22-23-24-25-26-27-28-29-30-31-32-33-34-35-36-37-38-40-42-43(44(45)46)41-39-8-6-4-2/h9-20,37-38,43H,3-8,21-36,39-42H2,1-2H3,(H2,45,46)/b10-9+,12-11+,14-13+,16-15+,18-17+,20-19+,38-37+. The molecule has 0 radical (unpaired) electrons. The van der Waals surface area contributed by atoms with Crippen LogP contribution in [0.4, 0.5) is 0 Å². The Morgan fingerprint density at radius 2 is 0.739 bits per heavy atom. The third-order valence-corrected chi connectivity index (χ3v) is 8.65. The van der Waals surface area contributed by atoms with E-state index in [4.69, 9.17) is 5.73 Å². The molecule has 46 heavy (non-hydrogen) atoms. The second-order valence-corrected chi connectivity index (χ2v) is 13.1. The van der Waals surface area contributed by atoms with Crippen LogP contribution in [0.2, 0.25) is 0 Å². The van der Waals surface area contributed by atoms with Gasteiger partial charge in [-0.15, -0.1) is 0 Å². The van der Waals surface area contributed by atoms with E-state index in [-0.39, 0.29) is 11.8 Å². The molecular formula is C44H75NO. The van der Waals surface area contributed by atoms with Gasteiger partial charge in [-0.1, -0.05) is 214 Å². The van der Waals surface area contributed by atoms with Crippen molar-refractivity contribution in [3.8, 4) is 0 Å². The molecule has 2 nitrogen and oxygen atoms in total. The molecule has 2 heteroatoms. The third-order valence-electron chi connectivity index (χ3n) is 8.65. The molecular weight excluding hydrogens is 558 g/mol. The summed E-state index contributed by atoms with van der Waals surface area (Å²) in [5.74, 6) is -0.0431. The van der Waals surface area contributed by atoms with E-state index in [9.17, 15) is 4.79 Å². The zero-order valence-electron chi connectivity index (χ0n) is 30.5. The normalized spacial score (nSPS) is 13.4. The third kappa shape index (κ3) is 36.1. The van der Waals surface area contributed by atoms with E-state index >= 15 is 0 Å². The summed E-state index contributed by atoms with van der Waals surface area (Å²) in [6.07, 6.45) is 63.3. The molecule has 0 heterocycles. The maximum Gasteiger partial charge on any atom is 0.220 e. The van der Waals surface area contributed by atoms with E-state index < -0.39 is 0 Å². The molecule has 1 unspecified atom stereocenters. The van der Waals surface area contributed by atoms with Crippen LogP contribution < -0.4 is 5.73 Å². The van der Waals surface area contributed by atoms with Gasteiger partial charge in [0.1, 0.15) is 0 Å². The number of unbranched alkanes of at least 4 members (excludes halogenated alkanes) is 20. The Kier molecular flexibility index (Phi) is 36.8. The van der Waals surface area contributed by atoms with Crippen LogP contribution in [0.25, 0.3) is 0 Å². The molecule has 0 saturated carbocycles. The molecule has 2 N–H and O–H groups in total. The number of hydrogen-bond donors (Lipinski definition) is 1. The van der Waals surface area contributed by atoms with E-state index in [1.54, 1.807) is 0 Å². The molecule has 0 aromatic rings. The van der Waals surface area contributed by atoms with Crippen molar-refractivity contribution in [1.82, 2.24) is 0 Å². The predicted molar refractivity (Wildman–Crippen MR) is 208 cm³/mol. The lowest BCUT2D eigenvalue weighted by molar-refractivity contribution is -0.122. The number of hydrogen-bond acceptors (Lipinski definition) is 1. The van der Waals surface area contributed by atoms with Gasteiger partial charge in [-0.05, 0) is 51.4 Å². The molecule has 0 aromatic carbocycles. The molecule has 0 rings (SSSR count). The van der Waals surface area contributed by atoms with Crippen LogP contribution in [0.3, 0.4) is 0 Å². The van der Waals surface area contributed by atoms with Gasteiger partial charge in [-0.2, -0.15) is 0 Å². The largest absolute Gasteiger partial charge is 0.369 e. The van der Waals surface area contributed by atoms with Crippen molar-refractivity contribution in [2.45, 2.75) is 181 Å². The van der Waals surface area contributed by atoms with Crippen molar-refractivity contribution in [3.05, 3.63) is 85.1 Å². The number of allylic oxidation sites excluding steroid dienone is 14. The van der Waals surface area contributed by atoms with Gasteiger partial charge in [0, 0.05) is 5.92 Å². The number of carbonyl (C=O) groups is 1. The Morgan fingerprint density at radius 3 is 1.17 bits per heavy atom. The molecule has 0 aliphatic rings. The van der Waals surface area contributed by atoms with Crippen LogP contribution in [-0.4, -0.2) is 5.91 Å². The highest BCUT2D eigenvalue weighted by atomic mass is 16.1. The Morgan fingerprint density at radius 1 is 0.391 bits per heavy atom. The van der Waals surface area contributed by atoms with Crippen LogP contribution in [-0.2, 0) is 4.79 Å². The summed E-state index contributed by atoms with van der Waals surface area (Å²) in [6.45, 7) is 4.44. The molecule has 0 saturated heterocycles. The number of rotatable bonds is 34. The molecule has 0 aliphatic heterocycles. The summed E-state index contributed by atoms with van der Waals surface area (Å²) in [6, 6.07) is 0. The highest BCUT2D eigenvalue weighted by molar-refractivity contribution is 5.76. The summed E-state index contributed by atoms with van der Waals surface area (Å²) < 4.78 is 0. The van der Waals surface area contributed by atoms with Crippen molar-refractivity contribution in [2.75, 3.05) is 0 Å². The van der Waals surface area contributed by atoms with Gasteiger partial charge in [0.2, 0.25) is 5.91 Å². The first kappa shape index (κ1) is 43.6. The summed E-state index contributed by atoms with van der Waals surface area (Å²) in [4.78, 5) is 11.7. The zero-order valence-corrected chi connectivity index (χ0v) is 30.5. The fraction of sp³-hybridized carbons (Fsp3) is 0.659. The zero-order chi connectivity index (χ0) is 33.4. The van der Waals surface area contributed by atoms with E-state index in [1.807, 2.05) is 0 Å². The van der Waals surface area contributed by atoms with Crippen molar-refractivity contribution in [3.63, 3.8) is 0 Å². The van der Waals surface area contributed by atoms with Crippen LogP contribution in [0.5, 0.6) is 0 Å². The molecule has 0 bridgehead atoms. The summed E-state index contributed by atoms with van der Waals surface area (Å²) in [5.41, 5.74) is 5.60. The fourth-order valence-electron chi connectivity index (χ4n) is 5.61. The monoisotopic (exact) mass is 634 g/mol. The van der Waals surface area contributed by atoms with Crippen molar-refractivity contribution >= 4 is 5.91 Å². The number of primary amides is 1. The first-order valence-corrected chi connectivity index (χ1v) is 19.6. The van der Waals surface area contributed by atoms with Crippen LogP contribution in [0.15, 0.2) is 85.1 Å². The average Bonchev–Trinajstić information content (AvgIpc) is 3.05. The minimum Gasteiger partial charge on any atom is -0.369 e. The lowest BCUT2D eigenvalue weighted by Crippen LogP contribution is -2.23. The van der Waals surface area contributed by atoms with Crippen LogP contribution in [0.1, 0.15) is 181 Å². The maximum absolute atomic E-state index is 11.7. The minimum atomic E-state index is -0.109. The van der Waals surface area contributed by atoms with Gasteiger partial charge in [-0.3, -0.25) is 4.79 Å². The minimum absolute atomic E-state index is 0.0656. The second kappa shape index (κ2) is 38.8. The van der Waals surface area contributed by atoms with Gasteiger partial charge in [0.05, 0.1) is 0 Å². The van der Waals surface area contributed by atoms with E-state index in [0.29, 0.717) is 0 Å². The maximum atomic E-state index is 11.7. The van der Waals surface area contributed by atoms with E-state index in [1.165, 1.54) is 141 Å². The van der Waals surface area contributed by atoms with Gasteiger partial charge in [0.25, 0.3) is 0 Å². The van der Waals surface area contributed by atoms with Gasteiger partial charge < -0.3 is 5.73 Å². The average molecular weight is 634 g/mol. The highest BCUT2D eigenvalue weighted by Crippen LogP contribution is 2.17. The van der Waals surface area contributed by atoms with Crippen LogP contribution in [0, 0.1) is 5.92 Å². The molecule has 262 valence electrons. The van der Waals surface area contributed by atoms with Crippen molar-refractivity contribution in [2.24, 2.45) is 11.7 Å². The summed E-state index contributed by atoms with van der Waals surface area (Å²) in [7, 11) is 0. The van der Waals surface area contributed by atoms with Crippen molar-refractivity contribution in [1.29, 1.82) is 0 Å². The SMILES string of the molecule is CCCC/C=C/C=C/C=C/C=C/C=C/C=C/CCCCCCCCCCCCCCCC/C=C/CCC(CCCCCC)C(N)=O. The van der Waals surface area contributed by atoms with Crippen LogP contribution >= 0.6 is 0 Å². The Balaban J connectivity index is 3.43. The number of nitrogens with two attached hydrogens (primary N) is 1. The molecule has 0 aromatic heterocycles. The number of carbonyl (C=O) groups excluding carboxylic acids is 1. The van der Waals surface area contributed by atoms with Gasteiger partial charge >= 0.3 is 0 Å². The lowest BCUT2D eigenvalue weighted by atomic mass is 9.95. The first-order valence-electron chi connectivity index (χ1n) is 19.6.